The Balaban J connectivity index is 2.89. The minimum Gasteiger partial charge on any atom is -0.435 e. The van der Waals surface area contributed by atoms with E-state index in [0.717, 1.165) is 6.07 Å². The molecule has 1 aromatic carbocycles. The van der Waals surface area contributed by atoms with Crippen LogP contribution in [0.25, 0.3) is 0 Å². The minimum absolute atomic E-state index is 0.0261. The summed E-state index contributed by atoms with van der Waals surface area (Å²) in [4.78, 5) is 20.9. The van der Waals surface area contributed by atoms with Crippen molar-refractivity contribution >= 4 is 12.1 Å². The summed E-state index contributed by atoms with van der Waals surface area (Å²) in [5.74, 6) is -0.919. The molecular formula is C9H6F2O3. The van der Waals surface area contributed by atoms with E-state index in [9.17, 15) is 18.4 Å². The van der Waals surface area contributed by atoms with Gasteiger partial charge in [0.25, 0.3) is 0 Å². The summed E-state index contributed by atoms with van der Waals surface area (Å²) < 4.78 is 27.6. The highest BCUT2D eigenvalue weighted by atomic mass is 19.3. The van der Waals surface area contributed by atoms with Gasteiger partial charge in [0, 0.05) is 5.56 Å². The highest BCUT2D eigenvalue weighted by Gasteiger charge is 2.08. The topological polar surface area (TPSA) is 43.4 Å². The molecule has 0 fully saturated rings. The summed E-state index contributed by atoms with van der Waals surface area (Å²) in [5, 5.41) is 0. The van der Waals surface area contributed by atoms with Gasteiger partial charge in [0.15, 0.2) is 6.29 Å². The van der Waals surface area contributed by atoms with Crippen molar-refractivity contribution in [2.75, 3.05) is 0 Å². The third kappa shape index (κ3) is 2.62. The van der Waals surface area contributed by atoms with E-state index in [1.165, 1.54) is 18.2 Å². The van der Waals surface area contributed by atoms with Crippen molar-refractivity contribution in [2.45, 2.75) is 6.61 Å². The number of hydrogen-bond donors (Lipinski definition) is 0. The summed E-state index contributed by atoms with van der Waals surface area (Å²) in [6.07, 6.45) is 0.113. The Morgan fingerprint density at radius 2 is 2.14 bits per heavy atom. The minimum atomic E-state index is -2.95. The predicted octanol–water partition coefficient (Wildman–Crippen LogP) is 1.67. The Morgan fingerprint density at radius 1 is 1.43 bits per heavy atom. The number of benzene rings is 1. The lowest BCUT2D eigenvalue weighted by Crippen LogP contribution is -2.04. The van der Waals surface area contributed by atoms with Gasteiger partial charge in [-0.25, -0.2) is 0 Å². The molecule has 0 N–H and O–H groups in total. The fourth-order valence-corrected chi connectivity index (χ4v) is 0.894. The van der Waals surface area contributed by atoms with Crippen LogP contribution >= 0.6 is 0 Å². The molecular weight excluding hydrogens is 194 g/mol. The van der Waals surface area contributed by atoms with E-state index in [2.05, 4.69) is 4.74 Å². The summed E-state index contributed by atoms with van der Waals surface area (Å²) in [5.41, 5.74) is 0.0261. The lowest BCUT2D eigenvalue weighted by molar-refractivity contribution is -0.104. The smallest absolute Gasteiger partial charge is 0.387 e. The largest absolute Gasteiger partial charge is 0.435 e. The van der Waals surface area contributed by atoms with Crippen LogP contribution in [0.5, 0.6) is 5.75 Å². The number of rotatable bonds is 4. The molecule has 0 radical (unpaired) electrons. The first kappa shape index (κ1) is 10.3. The number of hydrogen-bond acceptors (Lipinski definition) is 3. The molecule has 0 heterocycles. The fourth-order valence-electron chi connectivity index (χ4n) is 0.894. The maximum absolute atomic E-state index is 11.8. The van der Waals surface area contributed by atoms with Crippen molar-refractivity contribution in [1.82, 2.24) is 0 Å². The first-order valence-electron chi connectivity index (χ1n) is 3.68. The first-order valence-corrected chi connectivity index (χ1v) is 3.68. The van der Waals surface area contributed by atoms with Crippen molar-refractivity contribution in [3.63, 3.8) is 0 Å². The molecule has 0 atom stereocenters. The molecule has 0 bridgehead atoms. The van der Waals surface area contributed by atoms with E-state index in [4.69, 9.17) is 0 Å². The Hall–Kier alpha value is -1.78. The van der Waals surface area contributed by atoms with E-state index in [0.29, 0.717) is 0 Å². The van der Waals surface area contributed by atoms with Crippen molar-refractivity contribution < 1.29 is 23.1 Å². The molecule has 0 aliphatic carbocycles. The maximum Gasteiger partial charge on any atom is 0.387 e. The molecule has 14 heavy (non-hydrogen) atoms. The van der Waals surface area contributed by atoms with Crippen LogP contribution in [0.3, 0.4) is 0 Å². The van der Waals surface area contributed by atoms with Gasteiger partial charge in [0.1, 0.15) is 5.75 Å². The van der Waals surface area contributed by atoms with Crippen LogP contribution in [0.15, 0.2) is 24.3 Å². The van der Waals surface area contributed by atoms with E-state index in [1.54, 1.807) is 0 Å². The molecule has 5 heteroatoms. The number of alkyl halides is 2. The van der Waals surface area contributed by atoms with Gasteiger partial charge < -0.3 is 4.74 Å². The number of halogens is 2. The number of ether oxygens (including phenoxy) is 1. The van der Waals surface area contributed by atoms with Gasteiger partial charge in [0.05, 0.1) is 0 Å². The van der Waals surface area contributed by atoms with Gasteiger partial charge in [-0.15, -0.1) is 0 Å². The number of ketones is 1. The molecule has 0 aromatic heterocycles. The van der Waals surface area contributed by atoms with Crippen LogP contribution in [0.4, 0.5) is 8.78 Å². The molecule has 1 rings (SSSR count). The Morgan fingerprint density at radius 3 is 2.71 bits per heavy atom. The zero-order valence-electron chi connectivity index (χ0n) is 6.94. The van der Waals surface area contributed by atoms with Gasteiger partial charge in [-0.2, -0.15) is 8.78 Å². The standard InChI is InChI=1S/C9H6F2O3/c10-9(11)14-7-3-1-2-6(4-7)8(13)5-12/h1-5,9H. The van der Waals surface area contributed by atoms with Crippen LogP contribution in [0.2, 0.25) is 0 Å². The Kier molecular flexibility index (Phi) is 3.28. The molecule has 0 unspecified atom stereocenters. The van der Waals surface area contributed by atoms with E-state index in [-0.39, 0.29) is 17.6 Å². The van der Waals surface area contributed by atoms with Gasteiger partial charge in [-0.3, -0.25) is 9.59 Å². The summed E-state index contributed by atoms with van der Waals surface area (Å²) in [6.45, 7) is -2.95. The van der Waals surface area contributed by atoms with Crippen LogP contribution in [-0.4, -0.2) is 18.7 Å². The second-order valence-corrected chi connectivity index (χ2v) is 2.39. The molecule has 1 aromatic rings. The second kappa shape index (κ2) is 4.45. The lowest BCUT2D eigenvalue weighted by atomic mass is 10.1. The van der Waals surface area contributed by atoms with Crippen molar-refractivity contribution in [3.05, 3.63) is 29.8 Å². The Bertz CT molecular complexity index is 350. The molecule has 0 saturated heterocycles. The summed E-state index contributed by atoms with van der Waals surface area (Å²) in [7, 11) is 0. The zero-order valence-corrected chi connectivity index (χ0v) is 6.94. The summed E-state index contributed by atoms with van der Waals surface area (Å²) >= 11 is 0. The number of aldehydes is 1. The van der Waals surface area contributed by atoms with Crippen LogP contribution in [0.1, 0.15) is 10.4 Å². The van der Waals surface area contributed by atoms with Gasteiger partial charge in [0.2, 0.25) is 5.78 Å². The highest BCUT2D eigenvalue weighted by molar-refractivity contribution is 6.33. The lowest BCUT2D eigenvalue weighted by Gasteiger charge is -2.04. The van der Waals surface area contributed by atoms with Crippen LogP contribution in [-0.2, 0) is 4.79 Å². The first-order chi connectivity index (χ1) is 6.63. The number of carbonyl (C=O) groups excluding carboxylic acids is 2. The normalized spacial score (nSPS) is 9.93. The molecule has 74 valence electrons. The fraction of sp³-hybridized carbons (Fsp3) is 0.111. The van der Waals surface area contributed by atoms with Crippen molar-refractivity contribution in [1.29, 1.82) is 0 Å². The second-order valence-electron chi connectivity index (χ2n) is 2.39. The number of carbonyl (C=O) groups is 2. The third-order valence-electron chi connectivity index (χ3n) is 1.45. The van der Waals surface area contributed by atoms with Crippen molar-refractivity contribution in [3.8, 4) is 5.75 Å². The van der Waals surface area contributed by atoms with Gasteiger partial charge in [-0.05, 0) is 12.1 Å². The molecule has 0 spiro atoms. The van der Waals surface area contributed by atoms with E-state index < -0.39 is 12.4 Å². The van der Waals surface area contributed by atoms with Gasteiger partial charge in [-0.1, -0.05) is 12.1 Å². The number of Topliss-reactive ketones (excluding diaryl/α,β-unsaturated/α-hetero) is 1. The van der Waals surface area contributed by atoms with E-state index in [1.807, 2.05) is 0 Å². The zero-order chi connectivity index (χ0) is 10.6. The average molecular weight is 200 g/mol. The molecule has 0 saturated carbocycles. The molecule has 3 nitrogen and oxygen atoms in total. The maximum atomic E-state index is 11.8. The van der Waals surface area contributed by atoms with Crippen molar-refractivity contribution in [2.24, 2.45) is 0 Å². The van der Waals surface area contributed by atoms with Gasteiger partial charge >= 0.3 is 6.61 Å². The predicted molar refractivity (Wildman–Crippen MR) is 43.5 cm³/mol. The molecule has 0 aliphatic heterocycles. The SMILES string of the molecule is O=CC(=O)c1cccc(OC(F)F)c1. The Labute approximate surface area is 78.3 Å². The quantitative estimate of drug-likeness (QED) is 0.421. The summed E-state index contributed by atoms with van der Waals surface area (Å²) in [6, 6.07) is 5.06. The highest BCUT2D eigenvalue weighted by Crippen LogP contribution is 2.15. The van der Waals surface area contributed by atoms with Crippen LogP contribution < -0.4 is 4.74 Å². The third-order valence-corrected chi connectivity index (χ3v) is 1.45. The molecule has 0 aliphatic rings. The molecule has 0 amide bonds. The van der Waals surface area contributed by atoms with E-state index >= 15 is 0 Å². The average Bonchev–Trinajstić information content (AvgIpc) is 2.16. The monoisotopic (exact) mass is 200 g/mol. The van der Waals surface area contributed by atoms with Crippen LogP contribution in [0, 0.1) is 0 Å².